The minimum Gasteiger partial charge on any atom is -0.361 e. The van der Waals surface area contributed by atoms with Crippen LogP contribution >= 0.6 is 11.6 Å². The molecule has 2 heterocycles. The predicted octanol–water partition coefficient (Wildman–Crippen LogP) is 1.86. The number of fused-ring (bicyclic) bond motifs is 1. The van der Waals surface area contributed by atoms with Crippen LogP contribution in [0, 0.1) is 0 Å². The number of aromatic nitrogens is 1. The van der Waals surface area contributed by atoms with Crippen LogP contribution in [0.3, 0.4) is 0 Å². The molecule has 1 amide bonds. The Morgan fingerprint density at radius 3 is 2.57 bits per heavy atom. The highest BCUT2D eigenvalue weighted by molar-refractivity contribution is 6.30. The van der Waals surface area contributed by atoms with Crippen LogP contribution in [-0.4, -0.2) is 40.1 Å². The molecule has 1 aromatic carbocycles. The summed E-state index contributed by atoms with van der Waals surface area (Å²) in [6.07, 6.45) is 1.45. The number of hydrogen-bond acceptors (Lipinski definition) is 4. The Balaban J connectivity index is 2.26. The van der Waals surface area contributed by atoms with E-state index in [1.54, 1.807) is 55.5 Å². The van der Waals surface area contributed by atoms with Crippen molar-refractivity contribution in [1.82, 2.24) is 15.0 Å². The Labute approximate surface area is 127 Å². The second-order valence-electron chi connectivity index (χ2n) is 5.04. The van der Waals surface area contributed by atoms with E-state index in [0.29, 0.717) is 21.8 Å². The van der Waals surface area contributed by atoms with E-state index in [1.807, 2.05) is 0 Å². The van der Waals surface area contributed by atoms with Crippen molar-refractivity contribution in [3.63, 3.8) is 0 Å². The van der Waals surface area contributed by atoms with E-state index in [-0.39, 0.29) is 5.91 Å². The number of rotatable bonds is 2. The topological polar surface area (TPSA) is 56.7 Å². The van der Waals surface area contributed by atoms with Crippen LogP contribution in [0.15, 0.2) is 42.6 Å². The van der Waals surface area contributed by atoms with Gasteiger partial charge < -0.3 is 5.11 Å². The first kappa shape index (κ1) is 14.0. The van der Waals surface area contributed by atoms with Crippen LogP contribution in [0.4, 0.5) is 0 Å². The van der Waals surface area contributed by atoms with Crippen LogP contribution in [0.2, 0.25) is 5.02 Å². The molecular weight excluding hydrogens is 290 g/mol. The summed E-state index contributed by atoms with van der Waals surface area (Å²) in [4.78, 5) is 16.8. The largest absolute Gasteiger partial charge is 0.361 e. The summed E-state index contributed by atoms with van der Waals surface area (Å²) in [7, 11) is 3.40. The molecule has 0 aliphatic carbocycles. The molecule has 6 heteroatoms. The van der Waals surface area contributed by atoms with Crippen molar-refractivity contribution in [2.24, 2.45) is 0 Å². The van der Waals surface area contributed by atoms with E-state index < -0.39 is 5.72 Å². The highest BCUT2D eigenvalue weighted by atomic mass is 35.5. The lowest BCUT2D eigenvalue weighted by molar-refractivity contribution is -0.138. The SMILES string of the molecule is CN(C)N1C(=O)c2ccccc2C1(O)c1ccc(Cl)cn1. The molecule has 21 heavy (non-hydrogen) atoms. The van der Waals surface area contributed by atoms with Crippen LogP contribution in [0.25, 0.3) is 0 Å². The first-order valence-electron chi connectivity index (χ1n) is 6.42. The van der Waals surface area contributed by atoms with Gasteiger partial charge in [0.05, 0.1) is 10.7 Å². The van der Waals surface area contributed by atoms with Crippen LogP contribution < -0.4 is 0 Å². The molecule has 1 unspecified atom stereocenters. The minimum atomic E-state index is -1.64. The Hall–Kier alpha value is -1.95. The molecule has 3 rings (SSSR count). The maximum absolute atomic E-state index is 12.6. The third-order valence-corrected chi connectivity index (χ3v) is 3.74. The van der Waals surface area contributed by atoms with E-state index in [9.17, 15) is 9.90 Å². The molecule has 1 aliphatic rings. The van der Waals surface area contributed by atoms with Crippen molar-refractivity contribution in [3.05, 3.63) is 64.4 Å². The molecule has 0 spiro atoms. The van der Waals surface area contributed by atoms with Gasteiger partial charge in [-0.2, -0.15) is 0 Å². The molecule has 1 aromatic heterocycles. The average Bonchev–Trinajstić information content (AvgIpc) is 2.70. The van der Waals surface area contributed by atoms with Crippen molar-refractivity contribution >= 4 is 17.5 Å². The zero-order valence-corrected chi connectivity index (χ0v) is 12.4. The second kappa shape index (κ2) is 4.80. The lowest BCUT2D eigenvalue weighted by atomic mass is 9.98. The molecule has 108 valence electrons. The molecule has 0 saturated heterocycles. The number of halogens is 1. The van der Waals surface area contributed by atoms with E-state index in [0.717, 1.165) is 0 Å². The van der Waals surface area contributed by atoms with Gasteiger partial charge in [-0.05, 0) is 18.2 Å². The quantitative estimate of drug-likeness (QED) is 0.920. The number of hydrogen-bond donors (Lipinski definition) is 1. The summed E-state index contributed by atoms with van der Waals surface area (Å²) in [5.74, 6) is -0.269. The normalized spacial score (nSPS) is 21.0. The summed E-state index contributed by atoms with van der Waals surface area (Å²) < 4.78 is 0. The van der Waals surface area contributed by atoms with Gasteiger partial charge in [-0.1, -0.05) is 29.8 Å². The van der Waals surface area contributed by atoms with Gasteiger partial charge in [0.2, 0.25) is 5.72 Å². The first-order valence-corrected chi connectivity index (χ1v) is 6.79. The van der Waals surface area contributed by atoms with Gasteiger partial charge >= 0.3 is 0 Å². The molecule has 1 N–H and O–H groups in total. The monoisotopic (exact) mass is 303 g/mol. The molecule has 0 saturated carbocycles. The van der Waals surface area contributed by atoms with Gasteiger partial charge in [0.25, 0.3) is 5.91 Å². The van der Waals surface area contributed by atoms with E-state index >= 15 is 0 Å². The number of nitrogens with zero attached hydrogens (tertiary/aromatic N) is 3. The molecule has 0 radical (unpaired) electrons. The molecular formula is C15H14ClN3O2. The third kappa shape index (κ3) is 1.93. The van der Waals surface area contributed by atoms with Crippen molar-refractivity contribution < 1.29 is 9.90 Å². The molecule has 5 nitrogen and oxygen atoms in total. The number of hydrazine groups is 1. The zero-order chi connectivity index (χ0) is 15.2. The highest BCUT2D eigenvalue weighted by Gasteiger charge is 2.52. The predicted molar refractivity (Wildman–Crippen MR) is 78.5 cm³/mol. The third-order valence-electron chi connectivity index (χ3n) is 3.52. The Morgan fingerprint density at radius 2 is 1.95 bits per heavy atom. The summed E-state index contributed by atoms with van der Waals surface area (Å²) in [6, 6.07) is 10.2. The molecule has 2 aromatic rings. The summed E-state index contributed by atoms with van der Waals surface area (Å²) >= 11 is 5.86. The number of aliphatic hydroxyl groups is 1. The van der Waals surface area contributed by atoms with E-state index in [1.165, 1.54) is 11.2 Å². The lowest BCUT2D eigenvalue weighted by Crippen LogP contribution is -2.52. The van der Waals surface area contributed by atoms with Gasteiger partial charge in [0.1, 0.15) is 0 Å². The maximum Gasteiger partial charge on any atom is 0.271 e. The standard InChI is InChI=1S/C15H14ClN3O2/c1-18(2)19-14(20)11-5-3-4-6-12(11)15(19,21)13-8-7-10(16)9-17-13/h3-9,21H,1-2H3. The van der Waals surface area contributed by atoms with Crippen molar-refractivity contribution in [3.8, 4) is 0 Å². The summed E-state index contributed by atoms with van der Waals surface area (Å²) in [6.45, 7) is 0. The Morgan fingerprint density at radius 1 is 1.24 bits per heavy atom. The molecule has 0 fully saturated rings. The molecule has 1 aliphatic heterocycles. The highest BCUT2D eigenvalue weighted by Crippen LogP contribution is 2.41. The van der Waals surface area contributed by atoms with Gasteiger partial charge in [-0.15, -0.1) is 0 Å². The number of carbonyl (C=O) groups excluding carboxylic acids is 1. The van der Waals surface area contributed by atoms with E-state index in [4.69, 9.17) is 11.6 Å². The van der Waals surface area contributed by atoms with Gasteiger partial charge in [-0.3, -0.25) is 9.78 Å². The molecule has 0 bridgehead atoms. The van der Waals surface area contributed by atoms with Gasteiger partial charge in [-0.25, -0.2) is 10.0 Å². The summed E-state index contributed by atoms with van der Waals surface area (Å²) in [5, 5.41) is 14.6. The fourth-order valence-electron chi connectivity index (χ4n) is 2.65. The van der Waals surface area contributed by atoms with Crippen LogP contribution in [0.5, 0.6) is 0 Å². The zero-order valence-electron chi connectivity index (χ0n) is 11.6. The lowest BCUT2D eigenvalue weighted by Gasteiger charge is -2.37. The fourth-order valence-corrected chi connectivity index (χ4v) is 2.76. The Bertz CT molecular complexity index is 702. The number of amides is 1. The second-order valence-corrected chi connectivity index (χ2v) is 5.48. The fraction of sp³-hybridized carbons (Fsp3) is 0.200. The molecule has 1 atom stereocenters. The van der Waals surface area contributed by atoms with Crippen LogP contribution in [0.1, 0.15) is 21.6 Å². The number of benzene rings is 1. The van der Waals surface area contributed by atoms with Crippen molar-refractivity contribution in [2.45, 2.75) is 5.72 Å². The maximum atomic E-state index is 12.6. The Kier molecular flexibility index (Phi) is 3.20. The number of pyridine rings is 1. The van der Waals surface area contributed by atoms with Gasteiger partial charge in [0.15, 0.2) is 0 Å². The smallest absolute Gasteiger partial charge is 0.271 e. The van der Waals surface area contributed by atoms with E-state index in [2.05, 4.69) is 4.98 Å². The minimum absolute atomic E-state index is 0.269. The van der Waals surface area contributed by atoms with Gasteiger partial charge in [0, 0.05) is 31.4 Å². The average molecular weight is 304 g/mol. The number of carbonyl (C=O) groups is 1. The van der Waals surface area contributed by atoms with Crippen molar-refractivity contribution in [1.29, 1.82) is 0 Å². The van der Waals surface area contributed by atoms with Crippen molar-refractivity contribution in [2.75, 3.05) is 14.1 Å². The summed E-state index contributed by atoms with van der Waals surface area (Å²) in [5.41, 5.74) is -0.315. The van der Waals surface area contributed by atoms with Crippen LogP contribution in [-0.2, 0) is 5.72 Å². The first-order chi connectivity index (χ1) is 9.96.